The highest BCUT2D eigenvalue weighted by Gasteiger charge is 2.44. The second-order valence-electron chi connectivity index (χ2n) is 15.7. The summed E-state index contributed by atoms with van der Waals surface area (Å²) in [6.45, 7) is 14.2. The summed E-state index contributed by atoms with van der Waals surface area (Å²) in [5.74, 6) is -0.680. The van der Waals surface area contributed by atoms with E-state index in [2.05, 4.69) is 30.6 Å². The van der Waals surface area contributed by atoms with E-state index in [1.807, 2.05) is 20.8 Å². The van der Waals surface area contributed by atoms with Gasteiger partial charge in [-0.05, 0) is 108 Å². The van der Waals surface area contributed by atoms with E-state index in [1.165, 1.54) is 0 Å². The zero-order valence-corrected chi connectivity index (χ0v) is 32.0. The maximum atomic E-state index is 12.9. The molecule has 0 aromatic rings. The average Bonchev–Trinajstić information content (AvgIpc) is 3.07. The minimum absolute atomic E-state index is 0.0223. The lowest BCUT2D eigenvalue weighted by Gasteiger charge is -2.48. The topological polar surface area (TPSA) is 143 Å². The number of ether oxygens (including phenoxy) is 3. The summed E-state index contributed by atoms with van der Waals surface area (Å²) >= 11 is 0. The van der Waals surface area contributed by atoms with Crippen LogP contribution in [0.15, 0.2) is 23.8 Å². The quantitative estimate of drug-likeness (QED) is 0.0782. The first-order chi connectivity index (χ1) is 23.7. The van der Waals surface area contributed by atoms with Crippen LogP contribution in [0.2, 0.25) is 0 Å². The minimum atomic E-state index is -1.02. The van der Waals surface area contributed by atoms with E-state index in [0.717, 1.165) is 76.2 Å². The molecule has 286 valence electrons. The van der Waals surface area contributed by atoms with Crippen molar-refractivity contribution in [1.29, 1.82) is 0 Å². The average molecular weight is 705 g/mol. The van der Waals surface area contributed by atoms with E-state index in [9.17, 15) is 24.6 Å². The zero-order chi connectivity index (χ0) is 36.8. The van der Waals surface area contributed by atoms with Crippen molar-refractivity contribution >= 4 is 17.6 Å². The molecule has 3 saturated heterocycles. The molecule has 1 spiro atoms. The summed E-state index contributed by atoms with van der Waals surface area (Å²) in [5.41, 5.74) is 1.01. The van der Waals surface area contributed by atoms with Gasteiger partial charge >= 0.3 is 0 Å². The molecule has 11 atom stereocenters. The number of nitrogens with one attached hydrogen (secondary N) is 2. The maximum Gasteiger partial charge on any atom is 0.225 e. The number of hydrogen-bond acceptors (Lipinski definition) is 8. The van der Waals surface area contributed by atoms with Crippen molar-refractivity contribution in [2.45, 2.75) is 174 Å². The normalized spacial score (nSPS) is 31.6. The Kier molecular flexibility index (Phi) is 17.6. The molecule has 0 aliphatic carbocycles. The Balaban J connectivity index is 1.36. The third kappa shape index (κ3) is 13.8. The second-order valence-corrected chi connectivity index (χ2v) is 15.7. The molecule has 0 aromatic carbocycles. The number of aliphatic hydroxyl groups excluding tert-OH is 2. The van der Waals surface area contributed by atoms with Gasteiger partial charge in [0, 0.05) is 32.4 Å². The Morgan fingerprint density at radius 2 is 1.64 bits per heavy atom. The molecule has 0 radical (unpaired) electrons. The van der Waals surface area contributed by atoms with E-state index >= 15 is 0 Å². The van der Waals surface area contributed by atoms with Gasteiger partial charge in [0.1, 0.15) is 0 Å². The van der Waals surface area contributed by atoms with Crippen molar-refractivity contribution in [3.05, 3.63) is 23.8 Å². The van der Waals surface area contributed by atoms with Gasteiger partial charge in [0.05, 0.1) is 49.0 Å². The third-order valence-electron chi connectivity index (χ3n) is 11.2. The van der Waals surface area contributed by atoms with Crippen LogP contribution in [0.1, 0.15) is 132 Å². The minimum Gasteiger partial charge on any atom is -0.390 e. The number of carbonyl (C=O) groups excluding carboxylic acids is 3. The van der Waals surface area contributed by atoms with Crippen molar-refractivity contribution in [1.82, 2.24) is 10.6 Å². The molecule has 10 nitrogen and oxygen atoms in total. The summed E-state index contributed by atoms with van der Waals surface area (Å²) < 4.78 is 19.5. The first-order valence-corrected chi connectivity index (χ1v) is 19.5. The Labute approximate surface area is 301 Å². The first-order valence-electron chi connectivity index (χ1n) is 19.5. The fourth-order valence-electron chi connectivity index (χ4n) is 7.51. The highest BCUT2D eigenvalue weighted by Crippen LogP contribution is 2.43. The van der Waals surface area contributed by atoms with Gasteiger partial charge in [-0.25, -0.2) is 0 Å². The van der Waals surface area contributed by atoms with Gasteiger partial charge in [-0.15, -0.1) is 0 Å². The van der Waals surface area contributed by atoms with E-state index in [4.69, 9.17) is 14.2 Å². The van der Waals surface area contributed by atoms with Crippen LogP contribution in [0.5, 0.6) is 0 Å². The Hall–Kier alpha value is -2.11. The van der Waals surface area contributed by atoms with Crippen LogP contribution < -0.4 is 10.6 Å². The van der Waals surface area contributed by atoms with E-state index in [0.29, 0.717) is 24.8 Å². The van der Waals surface area contributed by atoms with Crippen LogP contribution >= 0.6 is 0 Å². The molecule has 3 rings (SSSR count). The lowest BCUT2D eigenvalue weighted by molar-refractivity contribution is -0.324. The largest absolute Gasteiger partial charge is 0.390 e. The fourth-order valence-corrected chi connectivity index (χ4v) is 7.51. The van der Waals surface area contributed by atoms with E-state index in [-0.39, 0.29) is 60.9 Å². The second kappa shape index (κ2) is 20.8. The molecular weight excluding hydrogens is 636 g/mol. The number of rotatable bonds is 18. The summed E-state index contributed by atoms with van der Waals surface area (Å²) in [7, 11) is 0. The monoisotopic (exact) mass is 704 g/mol. The lowest BCUT2D eigenvalue weighted by Crippen LogP contribution is -2.50. The molecule has 3 fully saturated rings. The van der Waals surface area contributed by atoms with Crippen LogP contribution in [-0.2, 0) is 28.6 Å². The number of allylic oxidation sites excluding steroid dienone is 3. The predicted octanol–water partition coefficient (Wildman–Crippen LogP) is 5.93. The lowest BCUT2D eigenvalue weighted by atomic mass is 9.85. The zero-order valence-electron chi connectivity index (χ0n) is 32.0. The van der Waals surface area contributed by atoms with Crippen molar-refractivity contribution < 1.29 is 38.8 Å². The van der Waals surface area contributed by atoms with Gasteiger partial charge in [-0.2, -0.15) is 0 Å². The molecule has 2 amide bonds. The summed E-state index contributed by atoms with van der Waals surface area (Å²) in [6.07, 6.45) is 14.5. The van der Waals surface area contributed by atoms with Crippen LogP contribution in [-0.4, -0.2) is 83.3 Å². The molecule has 3 aliphatic rings. The van der Waals surface area contributed by atoms with E-state index in [1.54, 1.807) is 26.0 Å². The standard InChI is InChI=1S/C40H68N2O8/c1-8-11-32(44)23-34-17-15-27(3)37(48-34)24-38(46)42-25-35(45)30(6)39(47)41-21-10-13-36-28(4)18-20-40(50-36)19-9-12-33(49-40)16-14-26(2)22-29(5)31(7)43/h8,11,22,26-28,30-31,33-37,43,45H,9-10,12-21,23-25H2,1-7H3,(H,41,47)(H,42,46)/b11-8+,29-22+/t26-,27+,28-,30-,31-,33-,34-,35+,36+,37+,40-/m0/s1. The number of ketones is 1. The molecule has 10 heteroatoms. The molecule has 4 N–H and O–H groups in total. The number of hydrogen-bond donors (Lipinski definition) is 4. The first kappa shape index (κ1) is 42.3. The van der Waals surface area contributed by atoms with Gasteiger partial charge in [-0.3, -0.25) is 14.4 Å². The van der Waals surface area contributed by atoms with Gasteiger partial charge in [0.25, 0.3) is 0 Å². The van der Waals surface area contributed by atoms with Crippen LogP contribution in [0.4, 0.5) is 0 Å². The molecule has 50 heavy (non-hydrogen) atoms. The predicted molar refractivity (Wildman–Crippen MR) is 195 cm³/mol. The van der Waals surface area contributed by atoms with Crippen molar-refractivity contribution in [3.8, 4) is 0 Å². The number of aliphatic hydroxyl groups is 2. The fraction of sp³-hybridized carbons (Fsp3) is 0.825. The SMILES string of the molecule is C/C=C/C(=O)C[C@@H]1CC[C@@H](C)[C@@H](CC(=O)NC[C@@H](O)[C@H](C)C(=O)NCCC[C@H]2O[C@@]3(CCC[C@@H](CC[C@H](C)/C=C(\C)[C@H](C)O)O3)CC[C@@H]2C)O1. The molecule has 0 bridgehead atoms. The molecule has 0 saturated carbocycles. The van der Waals surface area contributed by atoms with E-state index < -0.39 is 23.9 Å². The highest BCUT2D eigenvalue weighted by atomic mass is 16.7. The Morgan fingerprint density at radius 3 is 2.36 bits per heavy atom. The Bertz CT molecular complexity index is 1140. The van der Waals surface area contributed by atoms with Crippen molar-refractivity contribution in [2.75, 3.05) is 13.1 Å². The summed E-state index contributed by atoms with van der Waals surface area (Å²) in [6, 6.07) is 0. The van der Waals surface area contributed by atoms with Gasteiger partial charge in [0.15, 0.2) is 11.6 Å². The molecule has 3 heterocycles. The number of amides is 2. The smallest absolute Gasteiger partial charge is 0.225 e. The van der Waals surface area contributed by atoms with Gasteiger partial charge in [-0.1, -0.05) is 39.8 Å². The number of carbonyl (C=O) groups is 3. The molecular formula is C40H68N2O8. The van der Waals surface area contributed by atoms with Crippen LogP contribution in [0.3, 0.4) is 0 Å². The van der Waals surface area contributed by atoms with Crippen LogP contribution in [0, 0.1) is 23.7 Å². The van der Waals surface area contributed by atoms with Crippen LogP contribution in [0.25, 0.3) is 0 Å². The summed E-state index contributed by atoms with van der Waals surface area (Å²) in [4.78, 5) is 37.6. The third-order valence-corrected chi connectivity index (χ3v) is 11.2. The van der Waals surface area contributed by atoms with Crippen molar-refractivity contribution in [2.24, 2.45) is 23.7 Å². The molecule has 0 aromatic heterocycles. The molecule has 3 aliphatic heterocycles. The molecule has 0 unspecified atom stereocenters. The van der Waals surface area contributed by atoms with Crippen molar-refractivity contribution in [3.63, 3.8) is 0 Å². The summed E-state index contributed by atoms with van der Waals surface area (Å²) in [5, 5.41) is 26.2. The Morgan fingerprint density at radius 1 is 0.900 bits per heavy atom. The van der Waals surface area contributed by atoms with Gasteiger partial charge < -0.3 is 35.1 Å². The van der Waals surface area contributed by atoms with Gasteiger partial charge in [0.2, 0.25) is 11.8 Å². The maximum absolute atomic E-state index is 12.9. The highest BCUT2D eigenvalue weighted by molar-refractivity contribution is 5.89.